The molecule has 0 saturated carbocycles. The highest BCUT2D eigenvalue weighted by molar-refractivity contribution is 6.30. The molecular weight excluding hydrogens is 244 g/mol. The first-order valence-electron chi connectivity index (χ1n) is 6.83. The van der Waals surface area contributed by atoms with Gasteiger partial charge in [-0.3, -0.25) is 0 Å². The van der Waals surface area contributed by atoms with Gasteiger partial charge in [-0.25, -0.2) is 0 Å². The Morgan fingerprint density at radius 2 is 1.61 bits per heavy atom. The Balaban J connectivity index is 2.82. The van der Waals surface area contributed by atoms with Crippen LogP contribution in [0.15, 0.2) is 24.3 Å². The topological polar surface area (TPSA) is 52.0 Å². The summed E-state index contributed by atoms with van der Waals surface area (Å²) in [5.41, 5.74) is 13.4. The summed E-state index contributed by atoms with van der Waals surface area (Å²) >= 11 is 6.07. The summed E-state index contributed by atoms with van der Waals surface area (Å²) in [6.45, 7) is 4.25. The summed E-state index contributed by atoms with van der Waals surface area (Å²) in [4.78, 5) is 0. The van der Waals surface area contributed by atoms with Crippen LogP contribution >= 0.6 is 11.6 Å². The highest BCUT2D eigenvalue weighted by Gasteiger charge is 2.17. The number of hydrogen-bond acceptors (Lipinski definition) is 2. The number of halogens is 1. The van der Waals surface area contributed by atoms with Crippen LogP contribution < -0.4 is 11.5 Å². The highest BCUT2D eigenvalue weighted by Crippen LogP contribution is 2.28. The van der Waals surface area contributed by atoms with Crippen molar-refractivity contribution < 1.29 is 0 Å². The molecule has 1 rings (SSSR count). The minimum Gasteiger partial charge on any atom is -0.328 e. The van der Waals surface area contributed by atoms with E-state index in [1.54, 1.807) is 0 Å². The third kappa shape index (κ3) is 4.97. The van der Waals surface area contributed by atoms with Crippen LogP contribution in [0.1, 0.15) is 51.0 Å². The summed E-state index contributed by atoms with van der Waals surface area (Å²) in [6.07, 6.45) is 3.95. The zero-order valence-electron chi connectivity index (χ0n) is 11.4. The molecule has 3 heteroatoms. The molecule has 102 valence electrons. The maximum atomic E-state index is 6.09. The van der Waals surface area contributed by atoms with Gasteiger partial charge in [-0.05, 0) is 49.3 Å². The van der Waals surface area contributed by atoms with Gasteiger partial charge in [0.2, 0.25) is 0 Å². The van der Waals surface area contributed by atoms with E-state index in [2.05, 4.69) is 19.9 Å². The molecular formula is C15H25ClN2. The van der Waals surface area contributed by atoms with E-state index < -0.39 is 0 Å². The molecule has 4 N–H and O–H groups in total. The van der Waals surface area contributed by atoms with Crippen molar-refractivity contribution in [3.63, 3.8) is 0 Å². The summed E-state index contributed by atoms with van der Waals surface area (Å²) in [6, 6.07) is 8.54. The third-order valence-corrected chi connectivity index (χ3v) is 3.78. The van der Waals surface area contributed by atoms with Gasteiger partial charge in [0.1, 0.15) is 0 Å². The van der Waals surface area contributed by atoms with Gasteiger partial charge in [0, 0.05) is 17.1 Å². The van der Waals surface area contributed by atoms with Crippen LogP contribution in [0.2, 0.25) is 5.02 Å². The molecule has 0 aromatic heterocycles. The summed E-state index contributed by atoms with van der Waals surface area (Å²) in [7, 11) is 0. The van der Waals surface area contributed by atoms with Crippen LogP contribution in [0.5, 0.6) is 0 Å². The molecule has 18 heavy (non-hydrogen) atoms. The van der Waals surface area contributed by atoms with Gasteiger partial charge < -0.3 is 11.5 Å². The van der Waals surface area contributed by atoms with Crippen molar-refractivity contribution in [3.05, 3.63) is 34.9 Å². The summed E-state index contributed by atoms with van der Waals surface area (Å²) in [5.74, 6) is 0.411. The van der Waals surface area contributed by atoms with E-state index in [-0.39, 0.29) is 12.1 Å². The quantitative estimate of drug-likeness (QED) is 0.793. The van der Waals surface area contributed by atoms with Crippen molar-refractivity contribution in [1.29, 1.82) is 0 Å². The van der Waals surface area contributed by atoms with E-state index in [1.807, 2.05) is 18.2 Å². The predicted octanol–water partition coefficient (Wildman–Crippen LogP) is 3.68. The Labute approximate surface area is 116 Å². The van der Waals surface area contributed by atoms with E-state index in [4.69, 9.17) is 23.1 Å². The lowest BCUT2D eigenvalue weighted by molar-refractivity contribution is 0.447. The zero-order chi connectivity index (χ0) is 13.5. The molecule has 1 aromatic rings. The monoisotopic (exact) mass is 268 g/mol. The second kappa shape index (κ2) is 7.78. The molecule has 0 aliphatic carbocycles. The smallest absolute Gasteiger partial charge is 0.0408 e. The Kier molecular flexibility index (Phi) is 6.69. The molecule has 0 aliphatic rings. The number of rotatable bonds is 7. The molecule has 0 heterocycles. The van der Waals surface area contributed by atoms with Gasteiger partial charge in [-0.15, -0.1) is 0 Å². The first-order valence-corrected chi connectivity index (χ1v) is 7.21. The second-order valence-electron chi connectivity index (χ2n) is 5.06. The fourth-order valence-corrected chi connectivity index (χ4v) is 2.39. The fraction of sp³-hybridized carbons (Fsp3) is 0.600. The Bertz CT molecular complexity index is 342. The van der Waals surface area contributed by atoms with E-state index >= 15 is 0 Å². The van der Waals surface area contributed by atoms with Crippen molar-refractivity contribution >= 4 is 11.6 Å². The van der Waals surface area contributed by atoms with Crippen LogP contribution in [0.4, 0.5) is 0 Å². The van der Waals surface area contributed by atoms with Crippen molar-refractivity contribution in [2.75, 3.05) is 0 Å². The van der Waals surface area contributed by atoms with E-state index in [0.717, 1.165) is 30.7 Å². The molecule has 0 spiro atoms. The van der Waals surface area contributed by atoms with Crippen molar-refractivity contribution in [1.82, 2.24) is 0 Å². The van der Waals surface area contributed by atoms with Gasteiger partial charge in [0.05, 0.1) is 0 Å². The lowest BCUT2D eigenvalue weighted by Gasteiger charge is -2.23. The summed E-state index contributed by atoms with van der Waals surface area (Å²) in [5, 5.41) is 0.785. The van der Waals surface area contributed by atoms with E-state index in [9.17, 15) is 0 Å². The number of benzene rings is 1. The first-order chi connectivity index (χ1) is 8.56. The minimum atomic E-state index is 0.234. The van der Waals surface area contributed by atoms with Crippen molar-refractivity contribution in [2.45, 2.75) is 57.5 Å². The predicted molar refractivity (Wildman–Crippen MR) is 80.0 cm³/mol. The number of hydrogen-bond donors (Lipinski definition) is 2. The minimum absolute atomic E-state index is 0.234. The average molecular weight is 269 g/mol. The van der Waals surface area contributed by atoms with E-state index in [1.165, 1.54) is 5.56 Å². The molecule has 2 unspecified atom stereocenters. The van der Waals surface area contributed by atoms with Crippen LogP contribution in [-0.2, 0) is 0 Å². The fourth-order valence-electron chi connectivity index (χ4n) is 2.19. The second-order valence-corrected chi connectivity index (χ2v) is 5.50. The van der Waals surface area contributed by atoms with Crippen LogP contribution in [0.25, 0.3) is 0 Å². The molecule has 2 nitrogen and oxygen atoms in total. The molecule has 0 radical (unpaired) electrons. The third-order valence-electron chi connectivity index (χ3n) is 3.54. The largest absolute Gasteiger partial charge is 0.328 e. The Hall–Kier alpha value is -0.570. The molecule has 0 amide bonds. The molecule has 0 bridgehead atoms. The maximum Gasteiger partial charge on any atom is 0.0408 e. The molecule has 0 aliphatic heterocycles. The van der Waals surface area contributed by atoms with Gasteiger partial charge in [0.15, 0.2) is 0 Å². The maximum absolute atomic E-state index is 6.09. The van der Waals surface area contributed by atoms with Gasteiger partial charge in [0.25, 0.3) is 0 Å². The van der Waals surface area contributed by atoms with E-state index in [0.29, 0.717) is 5.92 Å². The number of nitrogens with two attached hydrogens (primary N) is 2. The molecule has 2 atom stereocenters. The lowest BCUT2D eigenvalue weighted by Crippen LogP contribution is -2.27. The average Bonchev–Trinajstić information content (AvgIpc) is 2.37. The normalized spacial score (nSPS) is 16.3. The first kappa shape index (κ1) is 15.5. The Morgan fingerprint density at radius 3 is 2.06 bits per heavy atom. The SMILES string of the molecule is CCC(N)CC(CC(N)CC)c1cccc(Cl)c1. The van der Waals surface area contributed by atoms with Crippen LogP contribution in [-0.4, -0.2) is 12.1 Å². The van der Waals surface area contributed by atoms with Crippen molar-refractivity contribution in [2.24, 2.45) is 11.5 Å². The van der Waals surface area contributed by atoms with Gasteiger partial charge in [-0.1, -0.05) is 37.6 Å². The van der Waals surface area contributed by atoms with Crippen molar-refractivity contribution in [3.8, 4) is 0 Å². The standard InChI is InChI=1S/C15H25ClN2/c1-3-14(17)9-12(10-15(18)4-2)11-6-5-7-13(16)8-11/h5-8,12,14-15H,3-4,9-10,17-18H2,1-2H3. The van der Waals surface area contributed by atoms with Crippen LogP contribution in [0.3, 0.4) is 0 Å². The molecule has 0 saturated heterocycles. The molecule has 1 aromatic carbocycles. The zero-order valence-corrected chi connectivity index (χ0v) is 12.2. The summed E-state index contributed by atoms with van der Waals surface area (Å²) < 4.78 is 0. The lowest BCUT2D eigenvalue weighted by atomic mass is 9.86. The van der Waals surface area contributed by atoms with Gasteiger partial charge >= 0.3 is 0 Å². The van der Waals surface area contributed by atoms with Crippen LogP contribution in [0, 0.1) is 0 Å². The molecule has 0 fully saturated rings. The highest BCUT2D eigenvalue weighted by atomic mass is 35.5. The van der Waals surface area contributed by atoms with Gasteiger partial charge in [-0.2, -0.15) is 0 Å². The Morgan fingerprint density at radius 1 is 1.06 bits per heavy atom.